The van der Waals surface area contributed by atoms with Gasteiger partial charge in [0.1, 0.15) is 0 Å². The molecule has 0 amide bonds. The fourth-order valence-corrected chi connectivity index (χ4v) is 2.88. The lowest BCUT2D eigenvalue weighted by atomic mass is 9.89. The van der Waals surface area contributed by atoms with Gasteiger partial charge in [-0.3, -0.25) is 4.90 Å². The summed E-state index contributed by atoms with van der Waals surface area (Å²) in [5.41, 5.74) is 7.51. The molecule has 1 aromatic rings. The van der Waals surface area contributed by atoms with E-state index >= 15 is 0 Å². The van der Waals surface area contributed by atoms with Crippen LogP contribution < -0.4 is 5.73 Å². The third-order valence-corrected chi connectivity index (χ3v) is 4.40. The molecule has 0 spiro atoms. The zero-order valence-corrected chi connectivity index (χ0v) is 12.5. The maximum atomic E-state index is 6.37. The SMILES string of the molecule is CCN(CC)C(C)(C)C(N)Cc1csc(C)n1. The average molecular weight is 255 g/mol. The van der Waals surface area contributed by atoms with E-state index in [1.165, 1.54) is 0 Å². The van der Waals surface area contributed by atoms with Crippen molar-refractivity contribution in [1.29, 1.82) is 0 Å². The van der Waals surface area contributed by atoms with Crippen LogP contribution in [0, 0.1) is 6.92 Å². The van der Waals surface area contributed by atoms with Crippen LogP contribution in [0.15, 0.2) is 5.38 Å². The summed E-state index contributed by atoms with van der Waals surface area (Å²) < 4.78 is 0. The van der Waals surface area contributed by atoms with Crippen LogP contribution >= 0.6 is 11.3 Å². The van der Waals surface area contributed by atoms with E-state index in [9.17, 15) is 0 Å². The predicted molar refractivity (Wildman–Crippen MR) is 75.5 cm³/mol. The highest BCUT2D eigenvalue weighted by molar-refractivity contribution is 7.09. The molecule has 1 rings (SSSR count). The van der Waals surface area contributed by atoms with Crippen molar-refractivity contribution in [2.45, 2.75) is 52.6 Å². The highest BCUT2D eigenvalue weighted by Crippen LogP contribution is 2.21. The molecule has 4 heteroatoms. The van der Waals surface area contributed by atoms with Crippen molar-refractivity contribution in [2.75, 3.05) is 13.1 Å². The van der Waals surface area contributed by atoms with Gasteiger partial charge in [0.25, 0.3) is 0 Å². The molecule has 0 aliphatic carbocycles. The zero-order valence-electron chi connectivity index (χ0n) is 11.7. The maximum Gasteiger partial charge on any atom is 0.0897 e. The molecule has 98 valence electrons. The lowest BCUT2D eigenvalue weighted by Crippen LogP contribution is -2.56. The van der Waals surface area contributed by atoms with Crippen molar-refractivity contribution in [3.05, 3.63) is 16.1 Å². The molecule has 0 radical (unpaired) electrons. The lowest BCUT2D eigenvalue weighted by molar-refractivity contribution is 0.106. The molecule has 0 bridgehead atoms. The van der Waals surface area contributed by atoms with Gasteiger partial charge in [0.2, 0.25) is 0 Å². The van der Waals surface area contributed by atoms with Gasteiger partial charge in [-0.05, 0) is 33.9 Å². The number of rotatable bonds is 6. The first-order valence-electron chi connectivity index (χ1n) is 6.33. The van der Waals surface area contributed by atoms with Crippen LogP contribution in [-0.2, 0) is 6.42 Å². The number of nitrogens with zero attached hydrogens (tertiary/aromatic N) is 2. The predicted octanol–water partition coefficient (Wildman–Crippen LogP) is 2.44. The van der Waals surface area contributed by atoms with E-state index in [0.29, 0.717) is 0 Å². The van der Waals surface area contributed by atoms with E-state index < -0.39 is 0 Å². The van der Waals surface area contributed by atoms with Crippen molar-refractivity contribution in [1.82, 2.24) is 9.88 Å². The Labute approximate surface area is 109 Å². The zero-order chi connectivity index (χ0) is 13.1. The summed E-state index contributed by atoms with van der Waals surface area (Å²) in [6.45, 7) is 12.9. The van der Waals surface area contributed by atoms with Gasteiger partial charge in [-0.25, -0.2) is 4.98 Å². The van der Waals surface area contributed by atoms with Crippen LogP contribution in [0.1, 0.15) is 38.4 Å². The smallest absolute Gasteiger partial charge is 0.0897 e. The summed E-state index contributed by atoms with van der Waals surface area (Å²) in [5.74, 6) is 0. The molecule has 0 aliphatic heterocycles. The molecule has 0 saturated carbocycles. The molecule has 1 unspecified atom stereocenters. The highest BCUT2D eigenvalue weighted by atomic mass is 32.1. The molecule has 0 saturated heterocycles. The minimum Gasteiger partial charge on any atom is -0.326 e. The third-order valence-electron chi connectivity index (χ3n) is 3.58. The Morgan fingerprint density at radius 3 is 2.41 bits per heavy atom. The van der Waals surface area contributed by atoms with Crippen molar-refractivity contribution in [3.63, 3.8) is 0 Å². The van der Waals surface area contributed by atoms with Gasteiger partial charge in [0.15, 0.2) is 0 Å². The topological polar surface area (TPSA) is 42.1 Å². The van der Waals surface area contributed by atoms with Gasteiger partial charge in [-0.2, -0.15) is 0 Å². The second-order valence-corrected chi connectivity index (χ2v) is 6.06. The maximum absolute atomic E-state index is 6.37. The van der Waals surface area contributed by atoms with E-state index in [2.05, 4.69) is 43.0 Å². The van der Waals surface area contributed by atoms with Gasteiger partial charge in [-0.15, -0.1) is 11.3 Å². The van der Waals surface area contributed by atoms with Crippen molar-refractivity contribution < 1.29 is 0 Å². The molecule has 0 aromatic carbocycles. The van der Waals surface area contributed by atoms with Crippen molar-refractivity contribution in [3.8, 4) is 0 Å². The van der Waals surface area contributed by atoms with Crippen LogP contribution in [0.25, 0.3) is 0 Å². The van der Waals surface area contributed by atoms with Crippen LogP contribution in [0.4, 0.5) is 0 Å². The first-order chi connectivity index (χ1) is 7.91. The Bertz CT molecular complexity index is 342. The highest BCUT2D eigenvalue weighted by Gasteiger charge is 2.31. The Kier molecular flexibility index (Phi) is 5.10. The van der Waals surface area contributed by atoms with E-state index in [1.54, 1.807) is 11.3 Å². The quantitative estimate of drug-likeness (QED) is 0.849. The number of aryl methyl sites for hydroxylation is 1. The van der Waals surface area contributed by atoms with Crippen molar-refractivity contribution in [2.24, 2.45) is 5.73 Å². The molecule has 1 aromatic heterocycles. The number of aromatic nitrogens is 1. The van der Waals surface area contributed by atoms with Gasteiger partial charge < -0.3 is 5.73 Å². The van der Waals surface area contributed by atoms with E-state index in [1.807, 2.05) is 6.92 Å². The molecule has 0 aliphatic rings. The van der Waals surface area contributed by atoms with E-state index in [0.717, 1.165) is 30.2 Å². The first-order valence-corrected chi connectivity index (χ1v) is 7.21. The number of hydrogen-bond acceptors (Lipinski definition) is 4. The summed E-state index contributed by atoms with van der Waals surface area (Å²) in [7, 11) is 0. The fraction of sp³-hybridized carbons (Fsp3) is 0.769. The summed E-state index contributed by atoms with van der Waals surface area (Å²) in [4.78, 5) is 6.91. The van der Waals surface area contributed by atoms with Crippen LogP contribution in [0.3, 0.4) is 0 Å². The number of hydrogen-bond donors (Lipinski definition) is 1. The van der Waals surface area contributed by atoms with Gasteiger partial charge in [0.05, 0.1) is 10.7 Å². The fourth-order valence-electron chi connectivity index (χ4n) is 2.25. The monoisotopic (exact) mass is 255 g/mol. The second kappa shape index (κ2) is 5.94. The van der Waals surface area contributed by atoms with E-state index in [4.69, 9.17) is 5.73 Å². The Morgan fingerprint density at radius 1 is 1.41 bits per heavy atom. The standard InChI is InChI=1S/C13H25N3S/c1-6-16(7-2)13(4,5)12(14)8-11-9-17-10(3)15-11/h9,12H,6-8,14H2,1-5H3. The van der Waals surface area contributed by atoms with Crippen LogP contribution in [0.2, 0.25) is 0 Å². The van der Waals surface area contributed by atoms with E-state index in [-0.39, 0.29) is 11.6 Å². The molecule has 3 nitrogen and oxygen atoms in total. The number of nitrogens with two attached hydrogens (primary N) is 1. The molecule has 2 N–H and O–H groups in total. The molecule has 1 atom stereocenters. The lowest BCUT2D eigenvalue weighted by Gasteiger charge is -2.41. The Morgan fingerprint density at radius 2 is 2.00 bits per heavy atom. The minimum atomic E-state index is 0.0149. The molecule has 0 fully saturated rings. The Hall–Kier alpha value is -0.450. The molecular weight excluding hydrogens is 230 g/mol. The largest absolute Gasteiger partial charge is 0.326 e. The van der Waals surface area contributed by atoms with Crippen molar-refractivity contribution >= 4 is 11.3 Å². The van der Waals surface area contributed by atoms with Crippen LogP contribution in [0.5, 0.6) is 0 Å². The molecular formula is C13H25N3S. The summed E-state index contributed by atoms with van der Waals surface area (Å²) >= 11 is 1.70. The first kappa shape index (κ1) is 14.6. The summed E-state index contributed by atoms with van der Waals surface area (Å²) in [6, 6.07) is 0.115. The number of likely N-dealkylation sites (N-methyl/N-ethyl adjacent to an activating group) is 1. The second-order valence-electron chi connectivity index (χ2n) is 4.99. The number of thiazole rings is 1. The summed E-state index contributed by atoms with van der Waals surface area (Å²) in [6.07, 6.45) is 0.855. The average Bonchev–Trinajstić information content (AvgIpc) is 2.65. The Balaban J connectivity index is 2.71. The van der Waals surface area contributed by atoms with Crippen LogP contribution in [-0.4, -0.2) is 34.6 Å². The third kappa shape index (κ3) is 3.50. The normalized spacial score (nSPS) is 14.3. The van der Waals surface area contributed by atoms with Gasteiger partial charge >= 0.3 is 0 Å². The summed E-state index contributed by atoms with van der Waals surface area (Å²) in [5, 5.41) is 3.24. The molecule has 1 heterocycles. The molecule has 17 heavy (non-hydrogen) atoms. The minimum absolute atomic E-state index is 0.0149. The van der Waals surface area contributed by atoms with Gasteiger partial charge in [0, 0.05) is 23.4 Å². The van der Waals surface area contributed by atoms with Gasteiger partial charge in [-0.1, -0.05) is 13.8 Å².